The lowest BCUT2D eigenvalue weighted by Gasteiger charge is -2.08. The van der Waals surface area contributed by atoms with Crippen LogP contribution in [0.2, 0.25) is 0 Å². The molecule has 0 bridgehead atoms. The summed E-state index contributed by atoms with van der Waals surface area (Å²) in [7, 11) is 0. The molecule has 0 aromatic carbocycles. The maximum atomic E-state index is 12.3. The Labute approximate surface area is 150 Å². The number of thiophene rings is 1. The number of anilines is 1. The minimum Gasteiger partial charge on any atom is -0.462 e. The van der Waals surface area contributed by atoms with Gasteiger partial charge in [0, 0.05) is 24.9 Å². The lowest BCUT2D eigenvalue weighted by molar-refractivity contribution is -0.116. The summed E-state index contributed by atoms with van der Waals surface area (Å²) in [5, 5.41) is 7.21. The molecule has 2 rings (SSSR count). The van der Waals surface area contributed by atoms with Crippen LogP contribution in [-0.4, -0.2) is 34.0 Å². The van der Waals surface area contributed by atoms with Crippen molar-refractivity contribution in [3.8, 4) is 0 Å². The van der Waals surface area contributed by atoms with Gasteiger partial charge in [0.1, 0.15) is 5.00 Å². The highest BCUT2D eigenvalue weighted by Gasteiger charge is 2.25. The Bertz CT molecular complexity index is 807. The van der Waals surface area contributed by atoms with E-state index >= 15 is 0 Å². The maximum absolute atomic E-state index is 12.3. The van der Waals surface area contributed by atoms with Crippen molar-refractivity contribution in [2.45, 2.75) is 40.7 Å². The average molecular weight is 363 g/mol. The maximum Gasteiger partial charge on any atom is 0.341 e. The molecule has 2 aromatic rings. The van der Waals surface area contributed by atoms with Gasteiger partial charge in [0.2, 0.25) is 5.91 Å². The van der Waals surface area contributed by atoms with Crippen molar-refractivity contribution in [1.82, 2.24) is 9.78 Å². The first-order valence-electron chi connectivity index (χ1n) is 7.94. The lowest BCUT2D eigenvalue weighted by Crippen LogP contribution is -2.17. The van der Waals surface area contributed by atoms with Crippen molar-refractivity contribution < 1.29 is 19.1 Å². The molecular formula is C17H21N3O4S. The number of rotatable bonds is 7. The van der Waals surface area contributed by atoms with Gasteiger partial charge in [-0.15, -0.1) is 11.3 Å². The van der Waals surface area contributed by atoms with E-state index in [0.717, 1.165) is 17.0 Å². The molecule has 0 radical (unpaired) electrons. The normalized spacial score (nSPS) is 10.6. The number of nitrogens with zero attached hydrogens (tertiary/aromatic N) is 2. The zero-order chi connectivity index (χ0) is 18.6. The third kappa shape index (κ3) is 4.33. The first kappa shape index (κ1) is 18.9. The third-order valence-corrected chi connectivity index (χ3v) is 4.99. The second-order valence-electron chi connectivity index (χ2n) is 5.53. The zero-order valence-corrected chi connectivity index (χ0v) is 15.5. The Kier molecular flexibility index (Phi) is 6.08. The highest BCUT2D eigenvalue weighted by atomic mass is 32.1. The van der Waals surface area contributed by atoms with Crippen LogP contribution in [0.15, 0.2) is 12.3 Å². The Morgan fingerprint density at radius 1 is 1.32 bits per heavy atom. The second kappa shape index (κ2) is 8.06. The zero-order valence-electron chi connectivity index (χ0n) is 14.7. The summed E-state index contributed by atoms with van der Waals surface area (Å²) in [5.41, 5.74) is 1.75. The minimum absolute atomic E-state index is 0.152. The number of esters is 1. The van der Waals surface area contributed by atoms with E-state index < -0.39 is 5.97 Å². The molecule has 0 atom stereocenters. The van der Waals surface area contributed by atoms with Gasteiger partial charge < -0.3 is 10.1 Å². The number of hydrogen-bond acceptors (Lipinski definition) is 6. The molecule has 0 aliphatic rings. The summed E-state index contributed by atoms with van der Waals surface area (Å²) in [4.78, 5) is 36.7. The predicted molar refractivity (Wildman–Crippen MR) is 95.2 cm³/mol. The van der Waals surface area contributed by atoms with E-state index in [2.05, 4.69) is 10.4 Å². The van der Waals surface area contributed by atoms with Gasteiger partial charge in [-0.1, -0.05) is 0 Å². The van der Waals surface area contributed by atoms with Crippen molar-refractivity contribution >= 4 is 34.0 Å². The number of aryl methyl sites for hydroxylation is 2. The number of hydrogen-bond donors (Lipinski definition) is 1. The quantitative estimate of drug-likeness (QED) is 0.603. The minimum atomic E-state index is -0.540. The van der Waals surface area contributed by atoms with Gasteiger partial charge in [-0.2, -0.15) is 5.10 Å². The molecular weight excluding hydrogens is 342 g/mol. The van der Waals surface area contributed by atoms with E-state index in [1.54, 1.807) is 24.7 Å². The molecule has 8 heteroatoms. The fourth-order valence-electron chi connectivity index (χ4n) is 2.42. The summed E-state index contributed by atoms with van der Waals surface area (Å²) in [5.74, 6) is -0.945. The molecule has 0 saturated carbocycles. The smallest absolute Gasteiger partial charge is 0.341 e. The van der Waals surface area contributed by atoms with Gasteiger partial charge in [-0.05, 0) is 39.3 Å². The van der Waals surface area contributed by atoms with Crippen molar-refractivity contribution in [2.75, 3.05) is 11.9 Å². The van der Waals surface area contributed by atoms with E-state index in [0.29, 0.717) is 22.0 Å². The van der Waals surface area contributed by atoms with Crippen molar-refractivity contribution in [3.05, 3.63) is 34.0 Å². The third-order valence-electron chi connectivity index (χ3n) is 3.68. The highest BCUT2D eigenvalue weighted by molar-refractivity contribution is 7.18. The summed E-state index contributed by atoms with van der Waals surface area (Å²) in [6, 6.07) is 1.86. The number of ketones is 1. The van der Waals surface area contributed by atoms with Crippen LogP contribution in [0, 0.1) is 13.8 Å². The number of Topliss-reactive ketones (excluding diaryl/α,β-unsaturated/α-hetero) is 1. The van der Waals surface area contributed by atoms with Crippen LogP contribution in [0.1, 0.15) is 51.6 Å². The number of ether oxygens (including phenoxy) is 1. The van der Waals surface area contributed by atoms with Crippen LogP contribution in [-0.2, 0) is 16.1 Å². The summed E-state index contributed by atoms with van der Waals surface area (Å²) < 4.78 is 6.78. The average Bonchev–Trinajstić information content (AvgIpc) is 3.09. The summed E-state index contributed by atoms with van der Waals surface area (Å²) in [6.45, 7) is 7.38. The molecule has 0 fully saturated rings. The lowest BCUT2D eigenvalue weighted by atomic mass is 10.1. The van der Waals surface area contributed by atoms with Crippen LogP contribution < -0.4 is 5.32 Å². The van der Waals surface area contributed by atoms with E-state index in [1.165, 1.54) is 6.92 Å². The van der Waals surface area contributed by atoms with E-state index in [1.807, 2.05) is 13.0 Å². The molecule has 1 amide bonds. The molecule has 0 aliphatic carbocycles. The van der Waals surface area contributed by atoms with Crippen LogP contribution in [0.5, 0.6) is 0 Å². The van der Waals surface area contributed by atoms with Crippen molar-refractivity contribution in [3.63, 3.8) is 0 Å². The second-order valence-corrected chi connectivity index (χ2v) is 6.55. The Morgan fingerprint density at radius 3 is 2.60 bits per heavy atom. The number of aromatic nitrogens is 2. The molecule has 0 aliphatic heterocycles. The van der Waals surface area contributed by atoms with Gasteiger partial charge in [0.15, 0.2) is 5.78 Å². The molecule has 0 unspecified atom stereocenters. The van der Waals surface area contributed by atoms with Gasteiger partial charge >= 0.3 is 5.97 Å². The molecule has 0 spiro atoms. The van der Waals surface area contributed by atoms with Crippen LogP contribution >= 0.6 is 11.3 Å². The SMILES string of the molecule is CCOC(=O)c1c(NC(=O)CCn2nccc2C)sc(C(C)=O)c1C. The summed E-state index contributed by atoms with van der Waals surface area (Å²) in [6.07, 6.45) is 1.88. The van der Waals surface area contributed by atoms with Crippen molar-refractivity contribution in [2.24, 2.45) is 0 Å². The molecule has 25 heavy (non-hydrogen) atoms. The summed E-state index contributed by atoms with van der Waals surface area (Å²) >= 11 is 1.10. The van der Waals surface area contributed by atoms with Gasteiger partial charge in [-0.25, -0.2) is 4.79 Å². The van der Waals surface area contributed by atoms with E-state index in [4.69, 9.17) is 4.74 Å². The van der Waals surface area contributed by atoms with E-state index in [-0.39, 0.29) is 30.3 Å². The number of carbonyl (C=O) groups is 3. The van der Waals surface area contributed by atoms with E-state index in [9.17, 15) is 14.4 Å². The van der Waals surface area contributed by atoms with Gasteiger partial charge in [-0.3, -0.25) is 14.3 Å². The molecule has 0 saturated heterocycles. The van der Waals surface area contributed by atoms with Crippen molar-refractivity contribution in [1.29, 1.82) is 0 Å². The molecule has 2 aromatic heterocycles. The Balaban J connectivity index is 2.18. The number of carbonyl (C=O) groups excluding carboxylic acids is 3. The monoisotopic (exact) mass is 363 g/mol. The largest absolute Gasteiger partial charge is 0.462 e. The van der Waals surface area contributed by atoms with Crippen LogP contribution in [0.4, 0.5) is 5.00 Å². The number of nitrogens with one attached hydrogen (secondary N) is 1. The molecule has 1 N–H and O–H groups in total. The highest BCUT2D eigenvalue weighted by Crippen LogP contribution is 2.34. The number of amides is 1. The molecule has 134 valence electrons. The first-order chi connectivity index (χ1) is 11.8. The van der Waals surface area contributed by atoms with Gasteiger partial charge in [0.05, 0.1) is 17.0 Å². The van der Waals surface area contributed by atoms with Gasteiger partial charge in [0.25, 0.3) is 0 Å². The molecule has 2 heterocycles. The molecule has 7 nitrogen and oxygen atoms in total. The Morgan fingerprint density at radius 2 is 2.04 bits per heavy atom. The fraction of sp³-hybridized carbons (Fsp3) is 0.412. The Hall–Kier alpha value is -2.48. The predicted octanol–water partition coefficient (Wildman–Crippen LogP) is 2.97. The van der Waals surface area contributed by atoms with Crippen LogP contribution in [0.3, 0.4) is 0 Å². The fourth-order valence-corrected chi connectivity index (χ4v) is 3.52. The topological polar surface area (TPSA) is 90.3 Å². The first-order valence-corrected chi connectivity index (χ1v) is 8.76. The van der Waals surface area contributed by atoms with Crippen LogP contribution in [0.25, 0.3) is 0 Å². The standard InChI is InChI=1S/C17H21N3O4S/c1-5-24-17(23)14-11(3)15(12(4)21)25-16(14)19-13(22)7-9-20-10(2)6-8-18-20/h6,8H,5,7,9H2,1-4H3,(H,19,22).